The molecule has 2 aromatic carbocycles. The van der Waals surface area contributed by atoms with Crippen molar-refractivity contribution in [3.05, 3.63) is 64.1 Å². The monoisotopic (exact) mass is 461 g/mol. The molecule has 11 heteroatoms. The molecule has 174 valence electrons. The molecular weight excluding hydrogens is 439 g/mol. The van der Waals surface area contributed by atoms with Crippen LogP contribution in [-0.2, 0) is 15.8 Å². The number of amides is 2. The summed E-state index contributed by atoms with van der Waals surface area (Å²) in [6.07, 6.45) is -4.44. The molecule has 1 saturated heterocycles. The van der Waals surface area contributed by atoms with Gasteiger partial charge in [0.15, 0.2) is 0 Å². The van der Waals surface area contributed by atoms with E-state index in [4.69, 9.17) is 0 Å². The highest BCUT2D eigenvalue weighted by molar-refractivity contribution is 5.94. The zero-order valence-electron chi connectivity index (χ0n) is 17.7. The van der Waals surface area contributed by atoms with Gasteiger partial charge in [-0.1, -0.05) is 12.1 Å². The highest BCUT2D eigenvalue weighted by Crippen LogP contribution is 2.32. The number of H-pyrrole nitrogens is 2. The molecule has 2 amide bonds. The smallest absolute Gasteiger partial charge is 0.333 e. The summed E-state index contributed by atoms with van der Waals surface area (Å²) in [5.74, 6) is -0.465. The summed E-state index contributed by atoms with van der Waals surface area (Å²) < 4.78 is 38.7. The second-order valence-corrected chi connectivity index (χ2v) is 7.97. The quantitative estimate of drug-likeness (QED) is 0.556. The SMILES string of the molecule is CC(=O)N1CCN(CC(=O)Nc2ccc3[nH]c(=O)[nH]c3c2)C[C@H]1c1ccc(C(F)(F)F)cc1. The van der Waals surface area contributed by atoms with Crippen molar-refractivity contribution in [1.29, 1.82) is 0 Å². The largest absolute Gasteiger partial charge is 0.416 e. The number of nitrogens with zero attached hydrogens (tertiary/aromatic N) is 2. The van der Waals surface area contributed by atoms with Gasteiger partial charge < -0.3 is 20.2 Å². The molecule has 4 rings (SSSR count). The van der Waals surface area contributed by atoms with Crippen molar-refractivity contribution in [3.63, 3.8) is 0 Å². The van der Waals surface area contributed by atoms with Gasteiger partial charge in [0.05, 0.1) is 29.2 Å². The Labute approximate surface area is 186 Å². The van der Waals surface area contributed by atoms with E-state index >= 15 is 0 Å². The zero-order chi connectivity index (χ0) is 23.8. The lowest BCUT2D eigenvalue weighted by Crippen LogP contribution is -2.51. The predicted octanol–water partition coefficient (Wildman–Crippen LogP) is 2.72. The van der Waals surface area contributed by atoms with Crippen LogP contribution in [0.2, 0.25) is 0 Å². The van der Waals surface area contributed by atoms with Gasteiger partial charge in [0, 0.05) is 32.2 Å². The first-order valence-electron chi connectivity index (χ1n) is 10.3. The van der Waals surface area contributed by atoms with E-state index in [1.807, 2.05) is 4.90 Å². The number of carbonyl (C=O) groups is 2. The number of nitrogens with one attached hydrogen (secondary N) is 3. The molecule has 1 aliphatic rings. The van der Waals surface area contributed by atoms with E-state index in [0.29, 0.717) is 41.9 Å². The van der Waals surface area contributed by atoms with Crippen LogP contribution in [0.25, 0.3) is 11.0 Å². The molecule has 1 fully saturated rings. The third kappa shape index (κ3) is 5.08. The van der Waals surface area contributed by atoms with Crippen LogP contribution in [0, 0.1) is 0 Å². The fourth-order valence-corrected chi connectivity index (χ4v) is 4.05. The molecule has 0 spiro atoms. The molecule has 0 bridgehead atoms. The van der Waals surface area contributed by atoms with Crippen LogP contribution in [0.4, 0.5) is 18.9 Å². The van der Waals surface area contributed by atoms with E-state index in [0.717, 1.165) is 12.1 Å². The van der Waals surface area contributed by atoms with E-state index in [-0.39, 0.29) is 24.0 Å². The normalized spacial score (nSPS) is 17.3. The van der Waals surface area contributed by atoms with Crippen LogP contribution in [0.5, 0.6) is 0 Å². The first-order chi connectivity index (χ1) is 15.6. The number of fused-ring (bicyclic) bond motifs is 1. The van der Waals surface area contributed by atoms with Gasteiger partial charge in [-0.2, -0.15) is 13.2 Å². The minimum absolute atomic E-state index is 0.0462. The molecule has 0 saturated carbocycles. The number of hydrogen-bond acceptors (Lipinski definition) is 4. The number of alkyl halides is 3. The molecule has 0 unspecified atom stereocenters. The maximum atomic E-state index is 12.9. The van der Waals surface area contributed by atoms with Gasteiger partial charge in [-0.3, -0.25) is 14.5 Å². The number of carbonyl (C=O) groups excluding carboxylic acids is 2. The summed E-state index contributed by atoms with van der Waals surface area (Å²) in [6.45, 7) is 2.58. The van der Waals surface area contributed by atoms with Gasteiger partial charge in [-0.25, -0.2) is 4.79 Å². The molecule has 8 nitrogen and oxygen atoms in total. The molecule has 1 aliphatic heterocycles. The molecule has 1 aromatic heterocycles. The van der Waals surface area contributed by atoms with Crippen molar-refractivity contribution in [2.45, 2.75) is 19.1 Å². The fourth-order valence-electron chi connectivity index (χ4n) is 4.05. The first kappa shape index (κ1) is 22.6. The van der Waals surface area contributed by atoms with E-state index in [9.17, 15) is 27.6 Å². The van der Waals surface area contributed by atoms with Crippen molar-refractivity contribution >= 4 is 28.5 Å². The average Bonchev–Trinajstić information content (AvgIpc) is 3.12. The fraction of sp³-hybridized carbons (Fsp3) is 0.318. The van der Waals surface area contributed by atoms with E-state index < -0.39 is 17.8 Å². The maximum absolute atomic E-state index is 12.9. The number of halogens is 3. The number of imidazole rings is 1. The van der Waals surface area contributed by atoms with Gasteiger partial charge in [0.1, 0.15) is 0 Å². The van der Waals surface area contributed by atoms with Crippen LogP contribution in [0.15, 0.2) is 47.3 Å². The second-order valence-electron chi connectivity index (χ2n) is 7.97. The van der Waals surface area contributed by atoms with Crippen molar-refractivity contribution < 1.29 is 22.8 Å². The number of rotatable bonds is 4. The van der Waals surface area contributed by atoms with E-state index in [2.05, 4.69) is 15.3 Å². The molecule has 2 heterocycles. The van der Waals surface area contributed by atoms with Crippen molar-refractivity contribution in [3.8, 4) is 0 Å². The number of aromatic amines is 2. The van der Waals surface area contributed by atoms with Crippen LogP contribution in [-0.4, -0.2) is 57.8 Å². The number of anilines is 1. The lowest BCUT2D eigenvalue weighted by atomic mass is 10.0. The Morgan fingerprint density at radius 2 is 1.76 bits per heavy atom. The molecule has 0 radical (unpaired) electrons. The highest BCUT2D eigenvalue weighted by atomic mass is 19.4. The van der Waals surface area contributed by atoms with Crippen LogP contribution in [0.1, 0.15) is 24.1 Å². The summed E-state index contributed by atoms with van der Waals surface area (Å²) in [7, 11) is 0. The molecular formula is C22H22F3N5O3. The first-order valence-corrected chi connectivity index (χ1v) is 10.3. The predicted molar refractivity (Wildman–Crippen MR) is 116 cm³/mol. The second kappa shape index (κ2) is 8.74. The topological polar surface area (TPSA) is 101 Å². The van der Waals surface area contributed by atoms with Gasteiger partial charge in [0.25, 0.3) is 0 Å². The summed E-state index contributed by atoms with van der Waals surface area (Å²) in [4.78, 5) is 44.8. The molecule has 3 N–H and O–H groups in total. The van der Waals surface area contributed by atoms with E-state index in [1.54, 1.807) is 23.1 Å². The van der Waals surface area contributed by atoms with E-state index in [1.165, 1.54) is 19.1 Å². The Morgan fingerprint density at radius 1 is 1.06 bits per heavy atom. The summed E-state index contributed by atoms with van der Waals surface area (Å²) in [6, 6.07) is 9.27. The van der Waals surface area contributed by atoms with Crippen molar-refractivity contribution in [1.82, 2.24) is 19.8 Å². The molecule has 3 aromatic rings. The Morgan fingerprint density at radius 3 is 2.42 bits per heavy atom. The Bertz CT molecular complexity index is 1230. The van der Waals surface area contributed by atoms with Gasteiger partial charge in [0.2, 0.25) is 11.8 Å². The average molecular weight is 461 g/mol. The third-order valence-corrected chi connectivity index (χ3v) is 5.66. The Kier molecular flexibility index (Phi) is 5.98. The number of piperazine rings is 1. The Hall–Kier alpha value is -3.60. The van der Waals surface area contributed by atoms with Gasteiger partial charge >= 0.3 is 11.9 Å². The minimum Gasteiger partial charge on any atom is -0.333 e. The van der Waals surface area contributed by atoms with Gasteiger partial charge in [-0.15, -0.1) is 0 Å². The third-order valence-electron chi connectivity index (χ3n) is 5.66. The number of aromatic nitrogens is 2. The lowest BCUT2D eigenvalue weighted by Gasteiger charge is -2.41. The minimum atomic E-state index is -4.44. The number of hydrogen-bond donors (Lipinski definition) is 3. The van der Waals surface area contributed by atoms with Gasteiger partial charge in [-0.05, 0) is 35.9 Å². The maximum Gasteiger partial charge on any atom is 0.416 e. The molecule has 1 atom stereocenters. The van der Waals surface area contributed by atoms with Crippen LogP contribution < -0.4 is 11.0 Å². The zero-order valence-corrected chi connectivity index (χ0v) is 17.7. The summed E-state index contributed by atoms with van der Waals surface area (Å²) in [5.41, 5.74) is 1.18. The van der Waals surface area contributed by atoms with Crippen LogP contribution in [0.3, 0.4) is 0 Å². The van der Waals surface area contributed by atoms with Crippen molar-refractivity contribution in [2.24, 2.45) is 0 Å². The lowest BCUT2D eigenvalue weighted by molar-refractivity contribution is -0.138. The molecule has 33 heavy (non-hydrogen) atoms. The summed E-state index contributed by atoms with van der Waals surface area (Å²) in [5, 5.41) is 2.78. The Balaban J connectivity index is 1.45. The van der Waals surface area contributed by atoms with Crippen LogP contribution >= 0.6 is 0 Å². The number of benzene rings is 2. The highest BCUT2D eigenvalue weighted by Gasteiger charge is 2.33. The van der Waals surface area contributed by atoms with Crippen molar-refractivity contribution in [2.75, 3.05) is 31.5 Å². The molecule has 0 aliphatic carbocycles. The standard InChI is InChI=1S/C22H22F3N5O3/c1-13(31)30-9-8-29(11-19(30)14-2-4-15(5-3-14)22(23,24)25)12-20(32)26-16-6-7-17-18(10-16)28-21(33)27-17/h2-7,10,19H,8-9,11-12H2,1H3,(H,26,32)(H2,27,28,33)/t19-/m0/s1. The summed E-state index contributed by atoms with van der Waals surface area (Å²) >= 11 is 0.